The van der Waals surface area contributed by atoms with Crippen LogP contribution >= 0.6 is 0 Å². The van der Waals surface area contributed by atoms with E-state index < -0.39 is 27.7 Å². The van der Waals surface area contributed by atoms with Gasteiger partial charge in [0.1, 0.15) is 17.9 Å². The molecule has 0 saturated heterocycles. The number of aliphatic hydroxyl groups excluding tert-OH is 1. The Hall–Kier alpha value is -3.37. The molecule has 0 saturated carbocycles. The molecule has 7 nitrogen and oxygen atoms in total. The van der Waals surface area contributed by atoms with Gasteiger partial charge >= 0.3 is 0 Å². The molecular formula is C22H19F2N3O4S. The Balaban J connectivity index is 1.92. The van der Waals surface area contributed by atoms with E-state index in [-0.39, 0.29) is 22.1 Å². The Morgan fingerprint density at radius 3 is 2.62 bits per heavy atom. The number of aliphatic hydroxyl groups is 1. The van der Waals surface area contributed by atoms with Crippen molar-refractivity contribution in [2.24, 2.45) is 0 Å². The molecule has 0 spiro atoms. The van der Waals surface area contributed by atoms with Crippen LogP contribution < -0.4 is 4.74 Å². The summed E-state index contributed by atoms with van der Waals surface area (Å²) >= 11 is 0. The van der Waals surface area contributed by atoms with Gasteiger partial charge < -0.3 is 14.7 Å². The summed E-state index contributed by atoms with van der Waals surface area (Å²) in [5, 5.41) is 10.5. The Morgan fingerprint density at radius 2 is 1.91 bits per heavy atom. The first-order chi connectivity index (χ1) is 15.2. The van der Waals surface area contributed by atoms with Crippen LogP contribution in [0.5, 0.6) is 11.5 Å². The lowest BCUT2D eigenvalue weighted by Crippen LogP contribution is -2.25. The van der Waals surface area contributed by atoms with Gasteiger partial charge in [0.15, 0.2) is 27.6 Å². The van der Waals surface area contributed by atoms with Crippen molar-refractivity contribution in [1.82, 2.24) is 14.9 Å². The lowest BCUT2D eigenvalue weighted by molar-refractivity contribution is 0.0513. The Labute approximate surface area is 183 Å². The SMILES string of the molecule is CCS(=O)(=O)c1ccc(Oc2ccc(F)cc2F)c(C2=CN(C)C(O)c3cncnc32)c1. The van der Waals surface area contributed by atoms with Crippen LogP contribution in [0.1, 0.15) is 30.0 Å². The molecule has 2 aromatic carbocycles. The molecule has 32 heavy (non-hydrogen) atoms. The third-order valence-electron chi connectivity index (χ3n) is 5.09. The van der Waals surface area contributed by atoms with Gasteiger partial charge in [-0.3, -0.25) is 0 Å². The second-order valence-corrected chi connectivity index (χ2v) is 9.43. The number of aromatic nitrogens is 2. The summed E-state index contributed by atoms with van der Waals surface area (Å²) in [4.78, 5) is 9.76. The number of rotatable bonds is 5. The average molecular weight is 459 g/mol. The Morgan fingerprint density at radius 1 is 1.16 bits per heavy atom. The van der Waals surface area contributed by atoms with E-state index in [4.69, 9.17) is 4.74 Å². The van der Waals surface area contributed by atoms with Gasteiger partial charge in [-0.05, 0) is 30.3 Å². The van der Waals surface area contributed by atoms with E-state index >= 15 is 0 Å². The quantitative estimate of drug-likeness (QED) is 0.622. The number of nitrogens with zero attached hydrogens (tertiary/aromatic N) is 3. The molecule has 3 aromatic rings. The van der Waals surface area contributed by atoms with E-state index in [1.165, 1.54) is 42.5 Å². The highest BCUT2D eigenvalue weighted by Crippen LogP contribution is 2.40. The van der Waals surface area contributed by atoms with E-state index in [0.29, 0.717) is 28.5 Å². The summed E-state index contributed by atoms with van der Waals surface area (Å²) in [6.07, 6.45) is 3.35. The molecule has 1 atom stereocenters. The topological polar surface area (TPSA) is 92.6 Å². The summed E-state index contributed by atoms with van der Waals surface area (Å²) in [7, 11) is -1.93. The molecule has 1 aliphatic rings. The molecule has 1 aliphatic heterocycles. The molecule has 1 aromatic heterocycles. The van der Waals surface area contributed by atoms with Crippen LogP contribution in [0.25, 0.3) is 5.57 Å². The minimum Gasteiger partial charge on any atom is -0.454 e. The number of halogens is 2. The zero-order valence-corrected chi connectivity index (χ0v) is 18.0. The van der Waals surface area contributed by atoms with Crippen LogP contribution in [0, 0.1) is 11.6 Å². The average Bonchev–Trinajstić information content (AvgIpc) is 2.78. The van der Waals surface area contributed by atoms with Gasteiger partial charge in [0.05, 0.1) is 16.3 Å². The van der Waals surface area contributed by atoms with E-state index in [1.54, 1.807) is 13.2 Å². The van der Waals surface area contributed by atoms with Crippen molar-refractivity contribution in [2.45, 2.75) is 18.0 Å². The van der Waals surface area contributed by atoms with Gasteiger partial charge in [-0.15, -0.1) is 0 Å². The van der Waals surface area contributed by atoms with Gasteiger partial charge in [0.25, 0.3) is 0 Å². The van der Waals surface area contributed by atoms with Gasteiger partial charge in [0, 0.05) is 42.2 Å². The van der Waals surface area contributed by atoms with Crippen LogP contribution in [0.2, 0.25) is 0 Å². The molecule has 166 valence electrons. The highest BCUT2D eigenvalue weighted by atomic mass is 32.2. The number of benzene rings is 2. The molecule has 0 fully saturated rings. The minimum atomic E-state index is -3.57. The molecule has 1 N–H and O–H groups in total. The normalized spacial score (nSPS) is 15.8. The second kappa shape index (κ2) is 8.29. The predicted octanol–water partition coefficient (Wildman–Crippen LogP) is 3.67. The Bertz CT molecular complexity index is 1330. The predicted molar refractivity (Wildman–Crippen MR) is 112 cm³/mol. The first-order valence-electron chi connectivity index (χ1n) is 9.63. The monoisotopic (exact) mass is 459 g/mol. The number of hydrogen-bond donors (Lipinski definition) is 1. The van der Waals surface area contributed by atoms with Gasteiger partial charge in [-0.25, -0.2) is 27.2 Å². The van der Waals surface area contributed by atoms with E-state index in [9.17, 15) is 22.3 Å². The van der Waals surface area contributed by atoms with Crippen molar-refractivity contribution < 1.29 is 27.0 Å². The number of hydrogen-bond acceptors (Lipinski definition) is 7. The standard InChI is InChI=1S/C22H19F2N3O4S/c1-3-32(29,30)14-5-7-19(31-20-6-4-13(23)8-18(20)24)15(9-14)17-11-27(2)22(28)16-10-25-12-26-21(16)17/h4-12,22,28H,3H2,1-2H3. The van der Waals surface area contributed by atoms with Crippen molar-refractivity contribution in [3.63, 3.8) is 0 Å². The van der Waals surface area contributed by atoms with Gasteiger partial charge in [-0.1, -0.05) is 6.92 Å². The maximum absolute atomic E-state index is 14.2. The maximum Gasteiger partial charge on any atom is 0.178 e. The zero-order valence-electron chi connectivity index (χ0n) is 17.2. The molecule has 2 heterocycles. The second-order valence-electron chi connectivity index (χ2n) is 7.15. The van der Waals surface area contributed by atoms with Crippen molar-refractivity contribution in [3.05, 3.63) is 83.6 Å². The van der Waals surface area contributed by atoms with Crippen molar-refractivity contribution in [3.8, 4) is 11.5 Å². The summed E-state index contributed by atoms with van der Waals surface area (Å²) in [5.41, 5.74) is 1.54. The van der Waals surface area contributed by atoms with Crippen LogP contribution in [0.3, 0.4) is 0 Å². The van der Waals surface area contributed by atoms with Crippen LogP contribution in [0.15, 0.2) is 60.0 Å². The number of ether oxygens (including phenoxy) is 1. The lowest BCUT2D eigenvalue weighted by atomic mass is 9.95. The van der Waals surface area contributed by atoms with Crippen molar-refractivity contribution in [1.29, 1.82) is 0 Å². The molecule has 0 aliphatic carbocycles. The Kier molecular flexibility index (Phi) is 5.66. The minimum absolute atomic E-state index is 0.0483. The van der Waals surface area contributed by atoms with Crippen molar-refractivity contribution in [2.75, 3.05) is 12.8 Å². The molecule has 10 heteroatoms. The largest absolute Gasteiger partial charge is 0.454 e. The molecule has 0 radical (unpaired) electrons. The summed E-state index contributed by atoms with van der Waals surface area (Å²) < 4.78 is 58.3. The maximum atomic E-state index is 14.2. The smallest absolute Gasteiger partial charge is 0.178 e. The highest BCUT2D eigenvalue weighted by molar-refractivity contribution is 7.91. The fourth-order valence-electron chi connectivity index (χ4n) is 3.35. The third-order valence-corrected chi connectivity index (χ3v) is 6.82. The van der Waals surface area contributed by atoms with Crippen LogP contribution in [-0.4, -0.2) is 41.2 Å². The highest BCUT2D eigenvalue weighted by Gasteiger charge is 2.28. The lowest BCUT2D eigenvalue weighted by Gasteiger charge is -2.30. The molecular weight excluding hydrogens is 440 g/mol. The summed E-state index contributed by atoms with van der Waals surface area (Å²) in [6, 6.07) is 7.08. The van der Waals surface area contributed by atoms with Crippen LogP contribution in [-0.2, 0) is 9.84 Å². The van der Waals surface area contributed by atoms with Gasteiger partial charge in [-0.2, -0.15) is 0 Å². The number of fused-ring (bicyclic) bond motifs is 1. The summed E-state index contributed by atoms with van der Waals surface area (Å²) in [5.74, 6) is -1.88. The fraction of sp³-hybridized carbons (Fsp3) is 0.182. The van der Waals surface area contributed by atoms with E-state index in [2.05, 4.69) is 9.97 Å². The molecule has 0 bridgehead atoms. The fourth-order valence-corrected chi connectivity index (χ4v) is 4.26. The first kappa shape index (κ1) is 21.8. The molecule has 0 amide bonds. The van der Waals surface area contributed by atoms with Gasteiger partial charge in [0.2, 0.25) is 0 Å². The third kappa shape index (κ3) is 3.94. The van der Waals surface area contributed by atoms with E-state index in [1.807, 2.05) is 0 Å². The van der Waals surface area contributed by atoms with E-state index in [0.717, 1.165) is 12.1 Å². The number of sulfone groups is 1. The van der Waals surface area contributed by atoms with Crippen LogP contribution in [0.4, 0.5) is 8.78 Å². The zero-order chi connectivity index (χ0) is 23.0. The van der Waals surface area contributed by atoms with Crippen molar-refractivity contribution >= 4 is 15.4 Å². The summed E-state index contributed by atoms with van der Waals surface area (Å²) in [6.45, 7) is 1.53. The molecule has 1 unspecified atom stereocenters. The molecule has 4 rings (SSSR count). The first-order valence-corrected chi connectivity index (χ1v) is 11.3.